The molecule has 0 radical (unpaired) electrons. The molecule has 0 saturated heterocycles. The highest BCUT2D eigenvalue weighted by Crippen LogP contribution is 2.05. The molecule has 0 spiro atoms. The van der Waals surface area contributed by atoms with E-state index in [9.17, 15) is 8.42 Å². The fourth-order valence-corrected chi connectivity index (χ4v) is 1.02. The molecule has 1 aromatic rings. The average molecular weight is 209 g/mol. The van der Waals surface area contributed by atoms with Gasteiger partial charge in [0.2, 0.25) is 0 Å². The Labute approximate surface area is 73.9 Å². The molecule has 12 heavy (non-hydrogen) atoms. The summed E-state index contributed by atoms with van der Waals surface area (Å²) in [5, 5.41) is 11.6. The van der Waals surface area contributed by atoms with Gasteiger partial charge in [-0.05, 0) is 12.1 Å². The van der Waals surface area contributed by atoms with Crippen LogP contribution in [0, 0.1) is 0 Å². The van der Waals surface area contributed by atoms with Crippen LogP contribution in [0.3, 0.4) is 0 Å². The van der Waals surface area contributed by atoms with Crippen molar-refractivity contribution in [1.29, 1.82) is 0 Å². The van der Waals surface area contributed by atoms with E-state index in [1.807, 2.05) is 4.72 Å². The van der Waals surface area contributed by atoms with Crippen LogP contribution in [0.15, 0.2) is 12.1 Å². The second-order valence-corrected chi connectivity index (χ2v) is 3.57. The van der Waals surface area contributed by atoms with Crippen molar-refractivity contribution in [1.82, 2.24) is 10.2 Å². The predicted molar refractivity (Wildman–Crippen MR) is 43.8 cm³/mol. The normalized spacial score (nSPS) is 11.2. The molecule has 8 heteroatoms. The maximum Gasteiger partial charge on any atom is 0.297 e. The summed E-state index contributed by atoms with van der Waals surface area (Å²) in [4.78, 5) is 0. The maximum atomic E-state index is 10.5. The zero-order valence-corrected chi connectivity index (χ0v) is 7.30. The number of nitrogens with one attached hydrogen (secondary N) is 1. The fraction of sp³-hybridized carbons (Fsp3) is 0. The second kappa shape index (κ2) is 3.21. The molecule has 0 saturated carbocycles. The van der Waals surface area contributed by atoms with Gasteiger partial charge in [0.25, 0.3) is 10.2 Å². The van der Waals surface area contributed by atoms with Crippen molar-refractivity contribution < 1.29 is 8.42 Å². The van der Waals surface area contributed by atoms with Crippen molar-refractivity contribution in [3.63, 3.8) is 0 Å². The summed E-state index contributed by atoms with van der Waals surface area (Å²) in [5.41, 5.74) is 0. The van der Waals surface area contributed by atoms with E-state index >= 15 is 0 Å². The number of aromatic nitrogens is 2. The molecule has 0 bridgehead atoms. The Morgan fingerprint density at radius 1 is 1.42 bits per heavy atom. The SMILES string of the molecule is NS(=O)(=O)Nc1ccc(Cl)nn1. The highest BCUT2D eigenvalue weighted by Gasteiger charge is 2.02. The van der Waals surface area contributed by atoms with Gasteiger partial charge in [-0.25, -0.2) is 5.14 Å². The first kappa shape index (κ1) is 9.17. The lowest BCUT2D eigenvalue weighted by atomic mass is 10.5. The smallest absolute Gasteiger partial charge is 0.253 e. The van der Waals surface area contributed by atoms with Gasteiger partial charge < -0.3 is 0 Å². The van der Waals surface area contributed by atoms with Gasteiger partial charge in [-0.3, -0.25) is 4.72 Å². The third-order valence-electron chi connectivity index (χ3n) is 0.879. The Morgan fingerprint density at radius 2 is 2.08 bits per heavy atom. The predicted octanol–water partition coefficient (Wildman–Crippen LogP) is -0.255. The molecule has 1 aromatic heterocycles. The highest BCUT2D eigenvalue weighted by atomic mass is 35.5. The Bertz CT molecular complexity index is 361. The molecular formula is C4H5ClN4O2S. The van der Waals surface area contributed by atoms with E-state index < -0.39 is 10.2 Å². The van der Waals surface area contributed by atoms with E-state index in [1.165, 1.54) is 12.1 Å². The Morgan fingerprint density at radius 3 is 2.50 bits per heavy atom. The van der Waals surface area contributed by atoms with Crippen molar-refractivity contribution in [3.8, 4) is 0 Å². The van der Waals surface area contributed by atoms with E-state index in [2.05, 4.69) is 15.3 Å². The van der Waals surface area contributed by atoms with Crippen molar-refractivity contribution in [2.75, 3.05) is 4.72 Å². The molecule has 0 amide bonds. The van der Waals surface area contributed by atoms with Crippen LogP contribution >= 0.6 is 11.6 Å². The average Bonchev–Trinajstić information content (AvgIpc) is 1.91. The number of nitrogens with zero attached hydrogens (tertiary/aromatic N) is 2. The molecule has 0 aromatic carbocycles. The van der Waals surface area contributed by atoms with Crippen molar-refractivity contribution in [2.45, 2.75) is 0 Å². The molecule has 1 rings (SSSR count). The lowest BCUT2D eigenvalue weighted by molar-refractivity contribution is 0.602. The van der Waals surface area contributed by atoms with Crippen LogP contribution in [0.5, 0.6) is 0 Å². The Hall–Kier alpha value is -0.920. The second-order valence-electron chi connectivity index (χ2n) is 1.89. The van der Waals surface area contributed by atoms with Crippen LogP contribution in [0.1, 0.15) is 0 Å². The van der Waals surface area contributed by atoms with Gasteiger partial charge in [-0.1, -0.05) is 11.6 Å². The van der Waals surface area contributed by atoms with E-state index in [4.69, 9.17) is 11.6 Å². The van der Waals surface area contributed by atoms with Crippen LogP contribution < -0.4 is 9.86 Å². The molecule has 0 unspecified atom stereocenters. The molecule has 3 N–H and O–H groups in total. The van der Waals surface area contributed by atoms with Crippen LogP contribution in [0.2, 0.25) is 5.15 Å². The standard InChI is InChI=1S/C4H5ClN4O2S/c5-3-1-2-4(8-7-3)9-12(6,10)11/h1-2H,(H,8,9)(H2,6,10,11). The lowest BCUT2D eigenvalue weighted by Gasteiger charge is -1.99. The van der Waals surface area contributed by atoms with Gasteiger partial charge in [0.05, 0.1) is 0 Å². The van der Waals surface area contributed by atoms with Crippen LogP contribution in [-0.4, -0.2) is 18.6 Å². The molecule has 0 atom stereocenters. The Kier molecular flexibility index (Phi) is 2.46. The first-order valence-corrected chi connectivity index (χ1v) is 4.69. The summed E-state index contributed by atoms with van der Waals surface area (Å²) in [7, 11) is -3.79. The molecule has 0 aliphatic rings. The summed E-state index contributed by atoms with van der Waals surface area (Å²) in [5.74, 6) is 0.0295. The topological polar surface area (TPSA) is 98.0 Å². The number of nitrogens with two attached hydrogens (primary N) is 1. The summed E-state index contributed by atoms with van der Waals surface area (Å²) >= 11 is 5.40. The largest absolute Gasteiger partial charge is 0.297 e. The summed E-state index contributed by atoms with van der Waals surface area (Å²) in [6, 6.07) is 2.74. The lowest BCUT2D eigenvalue weighted by Crippen LogP contribution is -2.22. The van der Waals surface area contributed by atoms with Gasteiger partial charge in [-0.2, -0.15) is 8.42 Å². The third-order valence-corrected chi connectivity index (χ3v) is 1.57. The molecule has 0 fully saturated rings. The van der Waals surface area contributed by atoms with Gasteiger partial charge in [0.15, 0.2) is 11.0 Å². The van der Waals surface area contributed by atoms with Gasteiger partial charge >= 0.3 is 0 Å². The number of hydrogen-bond donors (Lipinski definition) is 2. The molecule has 1 heterocycles. The number of anilines is 1. The fourth-order valence-electron chi connectivity index (χ4n) is 0.516. The van der Waals surface area contributed by atoms with E-state index in [-0.39, 0.29) is 11.0 Å². The first-order valence-electron chi connectivity index (χ1n) is 2.77. The Balaban J connectivity index is 2.85. The van der Waals surface area contributed by atoms with E-state index in [0.29, 0.717) is 0 Å². The zero-order valence-electron chi connectivity index (χ0n) is 5.73. The summed E-state index contributed by atoms with van der Waals surface area (Å²) in [6.07, 6.45) is 0. The van der Waals surface area contributed by atoms with Crippen LogP contribution in [0.4, 0.5) is 5.82 Å². The first-order chi connectivity index (χ1) is 5.47. The van der Waals surface area contributed by atoms with Crippen LogP contribution in [-0.2, 0) is 10.2 Å². The molecule has 0 aliphatic carbocycles. The number of rotatable bonds is 2. The quantitative estimate of drug-likeness (QED) is 0.700. The van der Waals surface area contributed by atoms with Gasteiger partial charge in [0.1, 0.15) is 0 Å². The van der Waals surface area contributed by atoms with Gasteiger partial charge in [-0.15, -0.1) is 10.2 Å². The van der Waals surface area contributed by atoms with Crippen molar-refractivity contribution in [3.05, 3.63) is 17.3 Å². The number of halogens is 1. The molecule has 0 aliphatic heterocycles. The monoisotopic (exact) mass is 208 g/mol. The summed E-state index contributed by atoms with van der Waals surface area (Å²) in [6.45, 7) is 0. The van der Waals surface area contributed by atoms with E-state index in [1.54, 1.807) is 0 Å². The van der Waals surface area contributed by atoms with Crippen molar-refractivity contribution in [2.24, 2.45) is 5.14 Å². The minimum Gasteiger partial charge on any atom is -0.253 e. The molecule has 66 valence electrons. The van der Waals surface area contributed by atoms with Gasteiger partial charge in [0, 0.05) is 0 Å². The summed E-state index contributed by atoms with van der Waals surface area (Å²) < 4.78 is 22.8. The highest BCUT2D eigenvalue weighted by molar-refractivity contribution is 7.90. The molecule has 6 nitrogen and oxygen atoms in total. The minimum absolute atomic E-state index is 0.0295. The van der Waals surface area contributed by atoms with Crippen molar-refractivity contribution >= 4 is 27.6 Å². The minimum atomic E-state index is -3.79. The third kappa shape index (κ3) is 2.99. The molecular weight excluding hydrogens is 204 g/mol. The number of hydrogen-bond acceptors (Lipinski definition) is 4. The van der Waals surface area contributed by atoms with Crippen LogP contribution in [0.25, 0.3) is 0 Å². The van der Waals surface area contributed by atoms with E-state index in [0.717, 1.165) is 0 Å². The zero-order chi connectivity index (χ0) is 9.19. The maximum absolute atomic E-state index is 10.5.